The van der Waals surface area contributed by atoms with Crippen molar-refractivity contribution in [2.45, 2.75) is 65.5 Å². The van der Waals surface area contributed by atoms with Crippen LogP contribution in [0.2, 0.25) is 0 Å². The third kappa shape index (κ3) is 6.45. The molecule has 0 heterocycles. The van der Waals surface area contributed by atoms with E-state index in [4.69, 9.17) is 9.47 Å². The minimum Gasteiger partial charge on any atom is -0.456 e. The number of hydrogen-bond donors (Lipinski definition) is 1. The number of alkyl carbamates (subject to hydrolysis) is 1. The van der Waals surface area contributed by atoms with Crippen LogP contribution in [0.5, 0.6) is 0 Å². The molecule has 0 bridgehead atoms. The lowest BCUT2D eigenvalue weighted by Gasteiger charge is -2.35. The summed E-state index contributed by atoms with van der Waals surface area (Å²) < 4.78 is 50.7. The second-order valence-corrected chi connectivity index (χ2v) is 7.79. The Balaban J connectivity index is 3.06. The van der Waals surface area contributed by atoms with Gasteiger partial charge in [0, 0.05) is 0 Å². The number of esters is 1. The third-order valence-electron chi connectivity index (χ3n) is 3.91. The van der Waals surface area contributed by atoms with Crippen molar-refractivity contribution in [3.63, 3.8) is 0 Å². The van der Waals surface area contributed by atoms with Gasteiger partial charge in [-0.25, -0.2) is 9.59 Å². The monoisotopic (exact) mass is 389 g/mol. The van der Waals surface area contributed by atoms with Gasteiger partial charge in [0.1, 0.15) is 17.7 Å². The van der Waals surface area contributed by atoms with Crippen LogP contribution in [0.1, 0.15) is 53.2 Å². The molecule has 0 aliphatic heterocycles. The zero-order chi connectivity index (χ0) is 21.0. The Morgan fingerprint density at radius 2 is 1.52 bits per heavy atom. The molecule has 5 nitrogen and oxygen atoms in total. The molecular formula is C19H26F3NO4. The summed E-state index contributed by atoms with van der Waals surface area (Å²) in [5, 5.41) is 2.02. The standard InChI is InChI=1S/C19H26F3NO4/c1-12(13-10-8-7-9-11-13)26-15(24)14(18(5,6)19(20,21)22)23-16(25)27-17(2,3)4/h7-12,14H,1-6H3,(H,23,25). The van der Waals surface area contributed by atoms with E-state index in [-0.39, 0.29) is 0 Å². The number of carbonyl (C=O) groups is 2. The fourth-order valence-electron chi connectivity index (χ4n) is 2.16. The predicted octanol–water partition coefficient (Wildman–Crippen LogP) is 4.77. The van der Waals surface area contributed by atoms with Gasteiger partial charge < -0.3 is 14.8 Å². The van der Waals surface area contributed by atoms with Gasteiger partial charge in [0.2, 0.25) is 0 Å². The highest BCUT2D eigenvalue weighted by atomic mass is 19.4. The molecule has 0 saturated carbocycles. The number of halogens is 3. The Bertz CT molecular complexity index is 651. The van der Waals surface area contributed by atoms with Crippen LogP contribution in [0.4, 0.5) is 18.0 Å². The minimum absolute atomic E-state index is 0.617. The quantitative estimate of drug-likeness (QED) is 0.737. The molecule has 2 unspecified atom stereocenters. The van der Waals surface area contributed by atoms with Crippen LogP contribution >= 0.6 is 0 Å². The number of ether oxygens (including phenoxy) is 2. The maximum Gasteiger partial charge on any atom is 0.408 e. The molecule has 0 aliphatic carbocycles. The van der Waals surface area contributed by atoms with Crippen molar-refractivity contribution >= 4 is 12.1 Å². The van der Waals surface area contributed by atoms with Gasteiger partial charge in [-0.05, 0) is 47.1 Å². The molecule has 0 radical (unpaired) electrons. The van der Waals surface area contributed by atoms with Crippen LogP contribution in [0.25, 0.3) is 0 Å². The van der Waals surface area contributed by atoms with Gasteiger partial charge in [-0.15, -0.1) is 0 Å². The first-order valence-corrected chi connectivity index (χ1v) is 8.47. The summed E-state index contributed by atoms with van der Waals surface area (Å²) in [7, 11) is 0. The topological polar surface area (TPSA) is 64.6 Å². The van der Waals surface area contributed by atoms with Gasteiger partial charge in [-0.3, -0.25) is 0 Å². The normalized spacial score (nSPS) is 14.9. The highest BCUT2D eigenvalue weighted by Gasteiger charge is 2.56. The van der Waals surface area contributed by atoms with E-state index in [0.717, 1.165) is 13.8 Å². The number of hydrogen-bond acceptors (Lipinski definition) is 4. The Morgan fingerprint density at radius 1 is 1.00 bits per heavy atom. The number of alkyl halides is 3. The Morgan fingerprint density at radius 3 is 1.96 bits per heavy atom. The Hall–Kier alpha value is -2.25. The lowest BCUT2D eigenvalue weighted by Crippen LogP contribution is -2.57. The molecule has 1 aromatic carbocycles. The maximum absolute atomic E-state index is 13.5. The van der Waals surface area contributed by atoms with E-state index in [0.29, 0.717) is 5.56 Å². The van der Waals surface area contributed by atoms with Crippen molar-refractivity contribution in [3.05, 3.63) is 35.9 Å². The lowest BCUT2D eigenvalue weighted by molar-refractivity contribution is -0.225. The molecule has 1 rings (SSSR count). The fourth-order valence-corrected chi connectivity index (χ4v) is 2.16. The molecule has 0 saturated heterocycles. The molecule has 2 atom stereocenters. The largest absolute Gasteiger partial charge is 0.456 e. The number of carbonyl (C=O) groups excluding carboxylic acids is 2. The van der Waals surface area contributed by atoms with Gasteiger partial charge in [0.25, 0.3) is 0 Å². The summed E-state index contributed by atoms with van der Waals surface area (Å²) in [5.41, 5.74) is -2.89. The first kappa shape index (κ1) is 22.8. The molecule has 27 heavy (non-hydrogen) atoms. The van der Waals surface area contributed by atoms with Crippen molar-refractivity contribution in [2.24, 2.45) is 5.41 Å². The van der Waals surface area contributed by atoms with Gasteiger partial charge in [-0.2, -0.15) is 13.2 Å². The number of amides is 1. The number of benzene rings is 1. The van der Waals surface area contributed by atoms with Gasteiger partial charge in [-0.1, -0.05) is 30.3 Å². The van der Waals surface area contributed by atoms with E-state index in [1.807, 2.05) is 5.32 Å². The average molecular weight is 389 g/mol. The molecule has 0 aromatic heterocycles. The third-order valence-corrected chi connectivity index (χ3v) is 3.91. The SMILES string of the molecule is CC(OC(=O)C(NC(=O)OC(C)(C)C)C(C)(C)C(F)(F)F)c1ccccc1. The maximum atomic E-state index is 13.5. The van der Waals surface area contributed by atoms with Crippen molar-refractivity contribution in [3.8, 4) is 0 Å². The van der Waals surface area contributed by atoms with Crippen LogP contribution in [0.15, 0.2) is 30.3 Å². The Kier molecular flexibility index (Phi) is 6.91. The van der Waals surface area contributed by atoms with Crippen LogP contribution in [0, 0.1) is 5.41 Å². The zero-order valence-electron chi connectivity index (χ0n) is 16.3. The Labute approximate surface area is 157 Å². The molecule has 0 aliphatic rings. The average Bonchev–Trinajstić information content (AvgIpc) is 2.50. The minimum atomic E-state index is -4.76. The molecule has 1 amide bonds. The second kappa shape index (κ2) is 8.19. The molecular weight excluding hydrogens is 363 g/mol. The van der Waals surface area contributed by atoms with Crippen LogP contribution in [-0.2, 0) is 14.3 Å². The molecule has 8 heteroatoms. The van der Waals surface area contributed by atoms with E-state index in [1.54, 1.807) is 58.0 Å². The highest BCUT2D eigenvalue weighted by molar-refractivity contribution is 5.82. The van der Waals surface area contributed by atoms with Crippen LogP contribution in [-0.4, -0.2) is 29.9 Å². The highest BCUT2D eigenvalue weighted by Crippen LogP contribution is 2.41. The van der Waals surface area contributed by atoms with Crippen LogP contribution in [0.3, 0.4) is 0 Å². The van der Waals surface area contributed by atoms with Crippen molar-refractivity contribution in [2.75, 3.05) is 0 Å². The molecule has 0 fully saturated rings. The smallest absolute Gasteiger partial charge is 0.408 e. The second-order valence-electron chi connectivity index (χ2n) is 7.79. The number of rotatable bonds is 5. The summed E-state index contributed by atoms with van der Waals surface area (Å²) >= 11 is 0. The fraction of sp³-hybridized carbons (Fsp3) is 0.579. The van der Waals surface area contributed by atoms with E-state index in [1.165, 1.54) is 0 Å². The summed E-state index contributed by atoms with van der Waals surface area (Å²) in [6.45, 7) is 7.87. The summed E-state index contributed by atoms with van der Waals surface area (Å²) in [6, 6.07) is 6.59. The molecule has 1 N–H and O–H groups in total. The van der Waals surface area contributed by atoms with Crippen molar-refractivity contribution in [1.29, 1.82) is 0 Å². The van der Waals surface area contributed by atoms with Gasteiger partial charge in [0.05, 0.1) is 5.41 Å². The summed E-state index contributed by atoms with van der Waals surface area (Å²) in [6.07, 6.45) is -6.68. The molecule has 1 aromatic rings. The van der Waals surface area contributed by atoms with E-state index in [9.17, 15) is 22.8 Å². The van der Waals surface area contributed by atoms with E-state index in [2.05, 4.69) is 0 Å². The van der Waals surface area contributed by atoms with Gasteiger partial charge >= 0.3 is 18.2 Å². The first-order chi connectivity index (χ1) is 12.1. The van der Waals surface area contributed by atoms with Gasteiger partial charge in [0.15, 0.2) is 0 Å². The zero-order valence-corrected chi connectivity index (χ0v) is 16.3. The molecule has 0 spiro atoms. The first-order valence-electron chi connectivity index (χ1n) is 8.47. The lowest BCUT2D eigenvalue weighted by atomic mass is 9.83. The van der Waals surface area contributed by atoms with Crippen molar-refractivity contribution < 1.29 is 32.2 Å². The van der Waals surface area contributed by atoms with Crippen LogP contribution < -0.4 is 5.32 Å². The molecule has 152 valence electrons. The number of nitrogens with one attached hydrogen (secondary N) is 1. The predicted molar refractivity (Wildman–Crippen MR) is 93.9 cm³/mol. The summed E-state index contributed by atoms with van der Waals surface area (Å²) in [5.74, 6) is -1.19. The summed E-state index contributed by atoms with van der Waals surface area (Å²) in [4.78, 5) is 24.5. The van der Waals surface area contributed by atoms with Crippen molar-refractivity contribution in [1.82, 2.24) is 5.32 Å². The van der Waals surface area contributed by atoms with E-state index < -0.39 is 41.4 Å². The van der Waals surface area contributed by atoms with E-state index >= 15 is 0 Å².